The molecule has 0 spiro atoms. The third-order valence-corrected chi connectivity index (χ3v) is 4.37. The van der Waals surface area contributed by atoms with E-state index < -0.39 is 0 Å². The van der Waals surface area contributed by atoms with Gasteiger partial charge in [0.1, 0.15) is 5.76 Å². The van der Waals surface area contributed by atoms with E-state index in [0.717, 1.165) is 30.7 Å². The zero-order valence-electron chi connectivity index (χ0n) is 10.6. The molecule has 2 atom stereocenters. The third kappa shape index (κ3) is 2.26. The summed E-state index contributed by atoms with van der Waals surface area (Å²) in [4.78, 5) is 2.58. The SMILES string of the molecule is CNCc1ccoc1CN1CC2CCCC2C1. The standard InChI is InChI=1S/C14H22N2O/c1-15-7-11-5-6-17-14(11)10-16-8-12-3-2-4-13(12)9-16/h5-6,12-13,15H,2-4,7-10H2,1H3. The quantitative estimate of drug-likeness (QED) is 0.866. The van der Waals surface area contributed by atoms with Crippen LogP contribution < -0.4 is 5.32 Å². The summed E-state index contributed by atoms with van der Waals surface area (Å²) >= 11 is 0. The fourth-order valence-corrected chi connectivity index (χ4v) is 3.52. The summed E-state index contributed by atoms with van der Waals surface area (Å²) in [5.41, 5.74) is 1.31. The molecule has 1 aromatic rings. The van der Waals surface area contributed by atoms with Crippen LogP contribution in [0.3, 0.4) is 0 Å². The minimum absolute atomic E-state index is 0.909. The predicted molar refractivity (Wildman–Crippen MR) is 67.6 cm³/mol. The van der Waals surface area contributed by atoms with Gasteiger partial charge < -0.3 is 9.73 Å². The van der Waals surface area contributed by atoms with Gasteiger partial charge in [0, 0.05) is 25.2 Å². The smallest absolute Gasteiger partial charge is 0.122 e. The molecule has 0 bridgehead atoms. The van der Waals surface area contributed by atoms with Crippen molar-refractivity contribution in [3.05, 3.63) is 23.7 Å². The molecule has 2 fully saturated rings. The van der Waals surface area contributed by atoms with E-state index in [9.17, 15) is 0 Å². The van der Waals surface area contributed by atoms with E-state index in [1.807, 2.05) is 13.3 Å². The zero-order chi connectivity index (χ0) is 11.7. The summed E-state index contributed by atoms with van der Waals surface area (Å²) < 4.78 is 5.62. The molecule has 1 saturated heterocycles. The minimum Gasteiger partial charge on any atom is -0.468 e. The van der Waals surface area contributed by atoms with Crippen molar-refractivity contribution >= 4 is 0 Å². The van der Waals surface area contributed by atoms with E-state index >= 15 is 0 Å². The van der Waals surface area contributed by atoms with Crippen molar-refractivity contribution < 1.29 is 4.42 Å². The molecule has 0 radical (unpaired) electrons. The fraction of sp³-hybridized carbons (Fsp3) is 0.714. The molecular weight excluding hydrogens is 212 g/mol. The first-order chi connectivity index (χ1) is 8.36. The van der Waals surface area contributed by atoms with Gasteiger partial charge in [0.2, 0.25) is 0 Å². The monoisotopic (exact) mass is 234 g/mol. The summed E-state index contributed by atoms with van der Waals surface area (Å²) in [6.45, 7) is 4.47. The van der Waals surface area contributed by atoms with Crippen LogP contribution >= 0.6 is 0 Å². The third-order valence-electron chi connectivity index (χ3n) is 4.37. The van der Waals surface area contributed by atoms with Crippen LogP contribution in [0.2, 0.25) is 0 Å². The highest BCUT2D eigenvalue weighted by molar-refractivity contribution is 5.17. The highest BCUT2D eigenvalue weighted by atomic mass is 16.3. The van der Waals surface area contributed by atoms with Gasteiger partial charge in [-0.05, 0) is 37.8 Å². The van der Waals surface area contributed by atoms with Crippen LogP contribution in [0.5, 0.6) is 0 Å². The topological polar surface area (TPSA) is 28.4 Å². The molecule has 2 unspecified atom stereocenters. The van der Waals surface area contributed by atoms with Gasteiger partial charge in [-0.25, -0.2) is 0 Å². The number of likely N-dealkylation sites (tertiary alicyclic amines) is 1. The van der Waals surface area contributed by atoms with Gasteiger partial charge in [0.15, 0.2) is 0 Å². The zero-order valence-corrected chi connectivity index (χ0v) is 10.6. The van der Waals surface area contributed by atoms with Crippen LogP contribution in [0.15, 0.2) is 16.7 Å². The van der Waals surface area contributed by atoms with Crippen molar-refractivity contribution in [1.82, 2.24) is 10.2 Å². The predicted octanol–water partition coefficient (Wildman–Crippen LogP) is 2.23. The number of nitrogens with one attached hydrogen (secondary N) is 1. The largest absolute Gasteiger partial charge is 0.468 e. The van der Waals surface area contributed by atoms with Gasteiger partial charge in [-0.3, -0.25) is 4.90 Å². The Morgan fingerprint density at radius 1 is 1.35 bits per heavy atom. The number of fused-ring (bicyclic) bond motifs is 1. The summed E-state index contributed by atoms with van der Waals surface area (Å²) in [6.07, 6.45) is 6.17. The molecule has 3 heteroatoms. The average Bonchev–Trinajstić information content (AvgIpc) is 2.95. The second-order valence-corrected chi connectivity index (χ2v) is 5.54. The van der Waals surface area contributed by atoms with Crippen LogP contribution in [0.4, 0.5) is 0 Å². The van der Waals surface area contributed by atoms with Crippen LogP contribution in [0, 0.1) is 11.8 Å². The lowest BCUT2D eigenvalue weighted by Crippen LogP contribution is -2.22. The first kappa shape index (κ1) is 11.3. The molecular formula is C14H22N2O. The van der Waals surface area contributed by atoms with E-state index in [-0.39, 0.29) is 0 Å². The molecule has 1 saturated carbocycles. The number of hydrogen-bond acceptors (Lipinski definition) is 3. The number of furan rings is 1. The van der Waals surface area contributed by atoms with Crippen LogP contribution in [0.25, 0.3) is 0 Å². The lowest BCUT2D eigenvalue weighted by atomic mass is 10.0. The number of rotatable bonds is 4. The number of hydrogen-bond donors (Lipinski definition) is 1. The maximum Gasteiger partial charge on any atom is 0.122 e. The van der Waals surface area contributed by atoms with Gasteiger partial charge in [0.05, 0.1) is 12.8 Å². The Hall–Kier alpha value is -0.800. The fourth-order valence-electron chi connectivity index (χ4n) is 3.52. The van der Waals surface area contributed by atoms with E-state index in [1.165, 1.54) is 37.9 Å². The Morgan fingerprint density at radius 3 is 2.82 bits per heavy atom. The first-order valence-corrected chi connectivity index (χ1v) is 6.79. The highest BCUT2D eigenvalue weighted by Crippen LogP contribution is 2.38. The first-order valence-electron chi connectivity index (χ1n) is 6.79. The molecule has 3 rings (SSSR count). The van der Waals surface area contributed by atoms with Crippen molar-refractivity contribution in [1.29, 1.82) is 0 Å². The molecule has 0 amide bonds. The minimum atomic E-state index is 0.909. The summed E-state index contributed by atoms with van der Waals surface area (Å²) in [6, 6.07) is 2.09. The Kier molecular flexibility index (Phi) is 3.21. The summed E-state index contributed by atoms with van der Waals surface area (Å²) in [5, 5.41) is 3.20. The van der Waals surface area contributed by atoms with E-state index in [1.54, 1.807) is 0 Å². The second kappa shape index (κ2) is 4.83. The maximum absolute atomic E-state index is 5.62. The second-order valence-electron chi connectivity index (χ2n) is 5.54. The maximum atomic E-state index is 5.62. The van der Waals surface area contributed by atoms with E-state index in [0.29, 0.717) is 0 Å². The lowest BCUT2D eigenvalue weighted by Gasteiger charge is -2.15. The van der Waals surface area contributed by atoms with Gasteiger partial charge >= 0.3 is 0 Å². The Balaban J connectivity index is 1.61. The molecule has 2 aliphatic rings. The molecule has 17 heavy (non-hydrogen) atoms. The molecule has 1 aromatic heterocycles. The van der Waals surface area contributed by atoms with Crippen molar-refractivity contribution in [3.63, 3.8) is 0 Å². The average molecular weight is 234 g/mol. The summed E-state index contributed by atoms with van der Waals surface area (Å²) in [5.74, 6) is 3.09. The van der Waals surface area contributed by atoms with Gasteiger partial charge in [-0.1, -0.05) is 6.42 Å². The lowest BCUT2D eigenvalue weighted by molar-refractivity contribution is 0.274. The number of nitrogens with zero attached hydrogens (tertiary/aromatic N) is 1. The molecule has 0 aromatic carbocycles. The molecule has 94 valence electrons. The normalized spacial score (nSPS) is 28.8. The van der Waals surface area contributed by atoms with E-state index in [4.69, 9.17) is 4.42 Å². The van der Waals surface area contributed by atoms with Gasteiger partial charge in [-0.2, -0.15) is 0 Å². The van der Waals surface area contributed by atoms with Crippen LogP contribution in [0.1, 0.15) is 30.6 Å². The molecule has 2 heterocycles. The Morgan fingerprint density at radius 2 is 2.12 bits per heavy atom. The van der Waals surface area contributed by atoms with Crippen LogP contribution in [-0.4, -0.2) is 25.0 Å². The van der Waals surface area contributed by atoms with Gasteiger partial charge in [-0.15, -0.1) is 0 Å². The van der Waals surface area contributed by atoms with Crippen LogP contribution in [-0.2, 0) is 13.1 Å². The molecule has 1 N–H and O–H groups in total. The molecule has 1 aliphatic carbocycles. The van der Waals surface area contributed by atoms with Gasteiger partial charge in [0.25, 0.3) is 0 Å². The van der Waals surface area contributed by atoms with Crippen molar-refractivity contribution in [2.24, 2.45) is 11.8 Å². The molecule has 3 nitrogen and oxygen atoms in total. The summed E-state index contributed by atoms with van der Waals surface area (Å²) in [7, 11) is 1.98. The van der Waals surface area contributed by atoms with E-state index in [2.05, 4.69) is 16.3 Å². The highest BCUT2D eigenvalue weighted by Gasteiger charge is 2.36. The Bertz CT molecular complexity index is 362. The van der Waals surface area contributed by atoms with Crippen molar-refractivity contribution in [2.75, 3.05) is 20.1 Å². The van der Waals surface area contributed by atoms with Crippen molar-refractivity contribution in [3.8, 4) is 0 Å². The van der Waals surface area contributed by atoms with Crippen molar-refractivity contribution in [2.45, 2.75) is 32.4 Å². The molecule has 1 aliphatic heterocycles. The Labute approximate surface area is 103 Å².